The molecule has 0 atom stereocenters. The van der Waals surface area contributed by atoms with Gasteiger partial charge in [-0.15, -0.1) is 0 Å². The summed E-state index contributed by atoms with van der Waals surface area (Å²) >= 11 is 0. The van der Waals surface area contributed by atoms with Crippen LogP contribution in [0.15, 0.2) is 60.7 Å². The standard InChI is InChI=1S/C21H19N3O6/c1-3-10-30-19-17(24(27)28)12-14(13-18(19)29-4-2)11-16-20(25)22-23(21(16)26)15-8-6-5-7-9-15/h3,5-9,11-13H,1,4,10H2,2H3,(H,22,25)/b16-11-. The first-order valence-corrected chi connectivity index (χ1v) is 9.07. The van der Waals surface area contributed by atoms with E-state index in [0.717, 1.165) is 5.01 Å². The molecular weight excluding hydrogens is 390 g/mol. The van der Waals surface area contributed by atoms with Gasteiger partial charge in [0.25, 0.3) is 11.8 Å². The number of benzene rings is 2. The molecule has 9 heteroatoms. The fourth-order valence-corrected chi connectivity index (χ4v) is 2.86. The van der Waals surface area contributed by atoms with Gasteiger partial charge in [-0.3, -0.25) is 25.1 Å². The van der Waals surface area contributed by atoms with Gasteiger partial charge in [0.1, 0.15) is 12.2 Å². The first-order valence-electron chi connectivity index (χ1n) is 9.07. The van der Waals surface area contributed by atoms with E-state index >= 15 is 0 Å². The van der Waals surface area contributed by atoms with Crippen LogP contribution in [-0.4, -0.2) is 30.0 Å². The molecule has 0 bridgehead atoms. The summed E-state index contributed by atoms with van der Waals surface area (Å²) in [5.41, 5.74) is 2.73. The number of rotatable bonds is 8. The summed E-state index contributed by atoms with van der Waals surface area (Å²) in [4.78, 5) is 36.0. The molecule has 154 valence electrons. The van der Waals surface area contributed by atoms with E-state index in [4.69, 9.17) is 9.47 Å². The zero-order chi connectivity index (χ0) is 21.7. The number of nitrogens with one attached hydrogen (secondary N) is 1. The number of para-hydroxylation sites is 1. The fraction of sp³-hybridized carbons (Fsp3) is 0.143. The lowest BCUT2D eigenvalue weighted by Crippen LogP contribution is -2.35. The van der Waals surface area contributed by atoms with Crippen molar-refractivity contribution < 1.29 is 24.0 Å². The van der Waals surface area contributed by atoms with E-state index in [1.807, 2.05) is 0 Å². The van der Waals surface area contributed by atoms with Crippen molar-refractivity contribution in [3.05, 3.63) is 76.4 Å². The lowest BCUT2D eigenvalue weighted by atomic mass is 10.1. The number of nitro groups is 1. The Bertz CT molecular complexity index is 1030. The van der Waals surface area contributed by atoms with Crippen molar-refractivity contribution in [3.63, 3.8) is 0 Å². The second-order valence-electron chi connectivity index (χ2n) is 6.13. The fourth-order valence-electron chi connectivity index (χ4n) is 2.86. The highest BCUT2D eigenvalue weighted by molar-refractivity contribution is 6.31. The van der Waals surface area contributed by atoms with Crippen molar-refractivity contribution in [3.8, 4) is 11.5 Å². The maximum absolute atomic E-state index is 12.7. The van der Waals surface area contributed by atoms with Crippen LogP contribution >= 0.6 is 0 Å². The topological polar surface area (TPSA) is 111 Å². The Morgan fingerprint density at radius 3 is 2.57 bits per heavy atom. The van der Waals surface area contributed by atoms with Crippen LogP contribution in [0.3, 0.4) is 0 Å². The van der Waals surface area contributed by atoms with E-state index < -0.39 is 16.7 Å². The number of anilines is 1. The van der Waals surface area contributed by atoms with Gasteiger partial charge in [-0.05, 0) is 36.8 Å². The van der Waals surface area contributed by atoms with Crippen LogP contribution in [0.2, 0.25) is 0 Å². The quantitative estimate of drug-likeness (QED) is 0.236. The zero-order valence-corrected chi connectivity index (χ0v) is 16.2. The van der Waals surface area contributed by atoms with Gasteiger partial charge in [0, 0.05) is 6.07 Å². The monoisotopic (exact) mass is 409 g/mol. The second-order valence-corrected chi connectivity index (χ2v) is 6.13. The molecule has 2 aromatic rings. The summed E-state index contributed by atoms with van der Waals surface area (Å²) in [6.07, 6.45) is 2.74. The normalized spacial score (nSPS) is 14.6. The van der Waals surface area contributed by atoms with Crippen molar-refractivity contribution in [2.45, 2.75) is 6.92 Å². The average Bonchev–Trinajstić information content (AvgIpc) is 3.01. The number of ether oxygens (including phenoxy) is 2. The molecule has 0 aliphatic carbocycles. The minimum atomic E-state index is -0.615. The van der Waals surface area contributed by atoms with Crippen molar-refractivity contribution in [2.75, 3.05) is 18.2 Å². The Balaban J connectivity index is 2.03. The maximum Gasteiger partial charge on any atom is 0.315 e. The molecule has 9 nitrogen and oxygen atoms in total. The molecule has 0 unspecified atom stereocenters. The molecule has 1 saturated heterocycles. The highest BCUT2D eigenvalue weighted by Gasteiger charge is 2.34. The molecule has 3 rings (SSSR count). The van der Waals surface area contributed by atoms with Crippen LogP contribution in [-0.2, 0) is 9.59 Å². The van der Waals surface area contributed by atoms with Gasteiger partial charge in [-0.1, -0.05) is 30.9 Å². The average molecular weight is 409 g/mol. The number of amides is 2. The highest BCUT2D eigenvalue weighted by Crippen LogP contribution is 2.39. The molecule has 1 fully saturated rings. The van der Waals surface area contributed by atoms with E-state index in [9.17, 15) is 19.7 Å². The number of carbonyl (C=O) groups excluding carboxylic acids is 2. The smallest absolute Gasteiger partial charge is 0.315 e. The number of hydrazine groups is 1. The third-order valence-electron chi connectivity index (χ3n) is 4.12. The lowest BCUT2D eigenvalue weighted by molar-refractivity contribution is -0.385. The van der Waals surface area contributed by atoms with Crippen LogP contribution < -0.4 is 19.9 Å². The van der Waals surface area contributed by atoms with E-state index in [2.05, 4.69) is 12.0 Å². The zero-order valence-electron chi connectivity index (χ0n) is 16.2. The van der Waals surface area contributed by atoms with Crippen LogP contribution in [0.25, 0.3) is 6.08 Å². The number of hydrogen-bond donors (Lipinski definition) is 1. The summed E-state index contributed by atoms with van der Waals surface area (Å²) < 4.78 is 10.9. The van der Waals surface area contributed by atoms with Crippen LogP contribution in [0.1, 0.15) is 12.5 Å². The van der Waals surface area contributed by atoms with E-state index in [1.54, 1.807) is 37.3 Å². The number of carbonyl (C=O) groups is 2. The predicted molar refractivity (Wildman–Crippen MR) is 110 cm³/mol. The molecule has 1 N–H and O–H groups in total. The summed E-state index contributed by atoms with van der Waals surface area (Å²) in [5.74, 6) is -1.10. The Kier molecular flexibility index (Phi) is 6.11. The van der Waals surface area contributed by atoms with Gasteiger partial charge in [0.15, 0.2) is 5.75 Å². The summed E-state index contributed by atoms with van der Waals surface area (Å²) in [6, 6.07) is 11.3. The van der Waals surface area contributed by atoms with Crippen LogP contribution in [0, 0.1) is 10.1 Å². The van der Waals surface area contributed by atoms with Crippen molar-refractivity contribution in [1.29, 1.82) is 0 Å². The van der Waals surface area contributed by atoms with E-state index in [0.29, 0.717) is 5.69 Å². The maximum atomic E-state index is 12.7. The lowest BCUT2D eigenvalue weighted by Gasteiger charge is -2.14. The van der Waals surface area contributed by atoms with Gasteiger partial charge in [0.05, 0.1) is 17.2 Å². The van der Waals surface area contributed by atoms with Gasteiger partial charge in [0.2, 0.25) is 5.75 Å². The van der Waals surface area contributed by atoms with E-state index in [1.165, 1.54) is 24.3 Å². The molecule has 1 aliphatic rings. The molecule has 1 heterocycles. The highest BCUT2D eigenvalue weighted by atomic mass is 16.6. The van der Waals surface area contributed by atoms with Crippen molar-refractivity contribution in [1.82, 2.24) is 5.43 Å². The summed E-state index contributed by atoms with van der Waals surface area (Å²) in [6.45, 7) is 5.54. The van der Waals surface area contributed by atoms with Gasteiger partial charge in [-0.2, -0.15) is 0 Å². The first-order chi connectivity index (χ1) is 14.5. The van der Waals surface area contributed by atoms with Gasteiger partial charge >= 0.3 is 5.69 Å². The summed E-state index contributed by atoms with van der Waals surface area (Å²) in [5, 5.41) is 12.7. The largest absolute Gasteiger partial charge is 0.490 e. The summed E-state index contributed by atoms with van der Waals surface area (Å²) in [7, 11) is 0. The predicted octanol–water partition coefficient (Wildman–Crippen LogP) is 3.02. The molecule has 2 aromatic carbocycles. The second kappa shape index (κ2) is 8.91. The minimum Gasteiger partial charge on any atom is -0.490 e. The van der Waals surface area contributed by atoms with Crippen LogP contribution in [0.5, 0.6) is 11.5 Å². The third-order valence-corrected chi connectivity index (χ3v) is 4.12. The van der Waals surface area contributed by atoms with Crippen LogP contribution in [0.4, 0.5) is 11.4 Å². The molecule has 0 saturated carbocycles. The van der Waals surface area contributed by atoms with Gasteiger partial charge < -0.3 is 9.47 Å². The Hall–Kier alpha value is -4.14. The molecule has 2 amide bonds. The van der Waals surface area contributed by atoms with E-state index in [-0.39, 0.29) is 41.5 Å². The molecule has 0 spiro atoms. The molecule has 30 heavy (non-hydrogen) atoms. The Morgan fingerprint density at radius 2 is 1.93 bits per heavy atom. The number of nitro benzene ring substituents is 1. The number of hydrogen-bond acceptors (Lipinski definition) is 6. The molecular formula is C21H19N3O6. The SMILES string of the molecule is C=CCOc1c(OCC)cc(/C=C2/C(=O)NN(c3ccccc3)C2=O)cc1[N+](=O)[O-]. The minimum absolute atomic E-state index is 0.0444. The van der Waals surface area contributed by atoms with Gasteiger partial charge in [-0.25, -0.2) is 5.01 Å². The molecule has 0 aromatic heterocycles. The first kappa shape index (κ1) is 20.6. The van der Waals surface area contributed by atoms with Crippen molar-refractivity contribution >= 4 is 29.3 Å². The molecule has 1 aliphatic heterocycles. The third kappa shape index (κ3) is 4.14. The molecule has 0 radical (unpaired) electrons. The number of nitrogens with zero attached hydrogens (tertiary/aromatic N) is 2. The Morgan fingerprint density at radius 1 is 1.20 bits per heavy atom. The van der Waals surface area contributed by atoms with Crippen molar-refractivity contribution in [2.24, 2.45) is 0 Å². The Labute approximate surface area is 172 Å².